The molecule has 0 heterocycles. The predicted octanol–water partition coefficient (Wildman–Crippen LogP) is 2.40. The highest BCUT2D eigenvalue weighted by molar-refractivity contribution is 7.81. The Kier molecular flexibility index (Phi) is 12.1. The minimum atomic E-state index is -0.610. The highest BCUT2D eigenvalue weighted by Gasteiger charge is 2.23. The standard InChI is InChI=1S/C15H26O5S/c1-4-6-8-19-15(17)13(21)11-12(3)14(16)20-10-9-18-7-5-2/h5,12-13,21H,2,4,6-11H2,1,3H3. The fourth-order valence-electron chi connectivity index (χ4n) is 1.45. The number of rotatable bonds is 12. The van der Waals surface area contributed by atoms with Crippen LogP contribution in [0.15, 0.2) is 12.7 Å². The van der Waals surface area contributed by atoms with Crippen molar-refractivity contribution in [1.29, 1.82) is 0 Å². The summed E-state index contributed by atoms with van der Waals surface area (Å²) in [6.07, 6.45) is 3.70. The van der Waals surface area contributed by atoms with Gasteiger partial charge in [0.05, 0.1) is 25.7 Å². The molecule has 0 aliphatic carbocycles. The van der Waals surface area contributed by atoms with Gasteiger partial charge in [0.2, 0.25) is 0 Å². The smallest absolute Gasteiger partial charge is 0.318 e. The van der Waals surface area contributed by atoms with E-state index >= 15 is 0 Å². The van der Waals surface area contributed by atoms with E-state index in [1.807, 2.05) is 6.92 Å². The van der Waals surface area contributed by atoms with Gasteiger partial charge in [-0.05, 0) is 12.8 Å². The molecule has 0 aromatic carbocycles. The SMILES string of the molecule is C=CCOCCOC(=O)C(C)CC(S)C(=O)OCCCC. The van der Waals surface area contributed by atoms with Gasteiger partial charge in [0.1, 0.15) is 11.9 Å². The van der Waals surface area contributed by atoms with Gasteiger partial charge in [-0.25, -0.2) is 0 Å². The molecular weight excluding hydrogens is 292 g/mol. The molecule has 0 spiro atoms. The van der Waals surface area contributed by atoms with Gasteiger partial charge in [-0.1, -0.05) is 26.3 Å². The van der Waals surface area contributed by atoms with E-state index in [4.69, 9.17) is 14.2 Å². The lowest BCUT2D eigenvalue weighted by atomic mass is 10.1. The van der Waals surface area contributed by atoms with Crippen LogP contribution in [0.1, 0.15) is 33.1 Å². The molecule has 0 aromatic heterocycles. The van der Waals surface area contributed by atoms with Gasteiger partial charge in [0.15, 0.2) is 0 Å². The summed E-state index contributed by atoms with van der Waals surface area (Å²) in [6, 6.07) is 0. The second kappa shape index (κ2) is 12.7. The maximum atomic E-state index is 11.7. The summed E-state index contributed by atoms with van der Waals surface area (Å²) in [6.45, 7) is 8.57. The molecule has 0 bridgehead atoms. The second-order valence-electron chi connectivity index (χ2n) is 4.70. The number of carbonyl (C=O) groups excluding carboxylic acids is 2. The largest absolute Gasteiger partial charge is 0.465 e. The van der Waals surface area contributed by atoms with Gasteiger partial charge in [-0.15, -0.1) is 6.58 Å². The fourth-order valence-corrected chi connectivity index (χ4v) is 1.84. The van der Waals surface area contributed by atoms with E-state index in [0.717, 1.165) is 12.8 Å². The quantitative estimate of drug-likeness (QED) is 0.259. The summed E-state index contributed by atoms with van der Waals surface area (Å²) < 4.78 is 15.2. The number of unbranched alkanes of at least 4 members (excludes halogenated alkanes) is 1. The summed E-state index contributed by atoms with van der Waals surface area (Å²) in [4.78, 5) is 23.3. The van der Waals surface area contributed by atoms with Crippen LogP contribution in [-0.4, -0.2) is 43.6 Å². The van der Waals surface area contributed by atoms with Crippen molar-refractivity contribution in [3.05, 3.63) is 12.7 Å². The molecule has 21 heavy (non-hydrogen) atoms. The van der Waals surface area contributed by atoms with Crippen LogP contribution in [0.2, 0.25) is 0 Å². The van der Waals surface area contributed by atoms with Crippen LogP contribution in [0, 0.1) is 5.92 Å². The summed E-state index contributed by atoms with van der Waals surface area (Å²) >= 11 is 4.18. The predicted molar refractivity (Wildman–Crippen MR) is 84.4 cm³/mol. The second-order valence-corrected chi connectivity index (χ2v) is 5.33. The number of thiol groups is 1. The molecule has 0 amide bonds. The summed E-state index contributed by atoms with van der Waals surface area (Å²) in [5.74, 6) is -1.16. The Bertz CT molecular complexity index is 319. The van der Waals surface area contributed by atoms with Gasteiger partial charge in [0.25, 0.3) is 0 Å². The van der Waals surface area contributed by atoms with Crippen molar-refractivity contribution in [3.63, 3.8) is 0 Å². The van der Waals surface area contributed by atoms with E-state index in [1.165, 1.54) is 0 Å². The minimum Gasteiger partial charge on any atom is -0.465 e. The number of esters is 2. The number of carbonyl (C=O) groups is 2. The van der Waals surface area contributed by atoms with Crippen molar-refractivity contribution >= 4 is 24.6 Å². The van der Waals surface area contributed by atoms with Crippen LogP contribution in [0.5, 0.6) is 0 Å². The molecule has 5 nitrogen and oxygen atoms in total. The highest BCUT2D eigenvalue weighted by Crippen LogP contribution is 2.14. The lowest BCUT2D eigenvalue weighted by molar-refractivity contribution is -0.150. The molecule has 122 valence electrons. The Morgan fingerprint density at radius 3 is 2.48 bits per heavy atom. The zero-order chi connectivity index (χ0) is 16.1. The van der Waals surface area contributed by atoms with Crippen LogP contribution < -0.4 is 0 Å². The van der Waals surface area contributed by atoms with Crippen molar-refractivity contribution in [2.24, 2.45) is 5.92 Å². The Hall–Kier alpha value is -1.01. The first-order valence-corrected chi connectivity index (χ1v) is 7.74. The van der Waals surface area contributed by atoms with Crippen LogP contribution >= 0.6 is 12.6 Å². The van der Waals surface area contributed by atoms with Crippen molar-refractivity contribution in [3.8, 4) is 0 Å². The first-order chi connectivity index (χ1) is 10.0. The van der Waals surface area contributed by atoms with Gasteiger partial charge in [0, 0.05) is 0 Å². The van der Waals surface area contributed by atoms with E-state index in [-0.39, 0.29) is 18.5 Å². The molecule has 0 N–H and O–H groups in total. The van der Waals surface area contributed by atoms with Crippen molar-refractivity contribution in [2.75, 3.05) is 26.4 Å². The molecule has 0 saturated heterocycles. The van der Waals surface area contributed by atoms with Crippen molar-refractivity contribution < 1.29 is 23.8 Å². The van der Waals surface area contributed by atoms with E-state index < -0.39 is 11.2 Å². The lowest BCUT2D eigenvalue weighted by Crippen LogP contribution is -2.25. The van der Waals surface area contributed by atoms with E-state index in [1.54, 1.807) is 13.0 Å². The molecule has 0 rings (SSSR count). The maximum absolute atomic E-state index is 11.7. The van der Waals surface area contributed by atoms with Crippen molar-refractivity contribution in [2.45, 2.75) is 38.4 Å². The molecule has 0 radical (unpaired) electrons. The van der Waals surface area contributed by atoms with Gasteiger partial charge in [-0.3, -0.25) is 9.59 Å². The van der Waals surface area contributed by atoms with Crippen LogP contribution in [0.4, 0.5) is 0 Å². The highest BCUT2D eigenvalue weighted by atomic mass is 32.1. The maximum Gasteiger partial charge on any atom is 0.318 e. The summed E-state index contributed by atoms with van der Waals surface area (Å²) in [5.41, 5.74) is 0. The van der Waals surface area contributed by atoms with Crippen molar-refractivity contribution in [1.82, 2.24) is 0 Å². The minimum absolute atomic E-state index is 0.190. The average molecular weight is 318 g/mol. The van der Waals surface area contributed by atoms with Crippen LogP contribution in [0.25, 0.3) is 0 Å². The average Bonchev–Trinajstić information content (AvgIpc) is 2.46. The van der Waals surface area contributed by atoms with Crippen LogP contribution in [0.3, 0.4) is 0 Å². The normalized spacial score (nSPS) is 13.3. The summed E-state index contributed by atoms with van der Waals surface area (Å²) in [7, 11) is 0. The molecule has 2 atom stereocenters. The number of ether oxygens (including phenoxy) is 3. The van der Waals surface area contributed by atoms with E-state index in [2.05, 4.69) is 19.2 Å². The molecule has 0 aliphatic rings. The lowest BCUT2D eigenvalue weighted by Gasteiger charge is -2.15. The Morgan fingerprint density at radius 2 is 1.86 bits per heavy atom. The molecule has 2 unspecified atom stereocenters. The van der Waals surface area contributed by atoms with Gasteiger partial charge < -0.3 is 14.2 Å². The zero-order valence-corrected chi connectivity index (χ0v) is 13.8. The molecule has 0 fully saturated rings. The first-order valence-electron chi connectivity index (χ1n) is 7.22. The topological polar surface area (TPSA) is 61.8 Å². The van der Waals surface area contributed by atoms with E-state index in [0.29, 0.717) is 26.2 Å². The number of hydrogen-bond acceptors (Lipinski definition) is 6. The molecule has 0 aliphatic heterocycles. The molecule has 6 heteroatoms. The Morgan fingerprint density at radius 1 is 1.19 bits per heavy atom. The first kappa shape index (κ1) is 20.0. The Labute approximate surface area is 132 Å². The van der Waals surface area contributed by atoms with Crippen LogP contribution in [-0.2, 0) is 23.8 Å². The monoisotopic (exact) mass is 318 g/mol. The molecule has 0 aromatic rings. The third-order valence-corrected chi connectivity index (χ3v) is 3.12. The molecule has 0 saturated carbocycles. The molecular formula is C15H26O5S. The Balaban J connectivity index is 3.87. The van der Waals surface area contributed by atoms with Gasteiger partial charge in [-0.2, -0.15) is 12.6 Å². The number of hydrogen-bond donors (Lipinski definition) is 1. The zero-order valence-electron chi connectivity index (χ0n) is 12.9. The summed E-state index contributed by atoms with van der Waals surface area (Å²) in [5, 5.41) is -0.610. The third-order valence-electron chi connectivity index (χ3n) is 2.70. The van der Waals surface area contributed by atoms with E-state index in [9.17, 15) is 9.59 Å². The third kappa shape index (κ3) is 10.4. The van der Waals surface area contributed by atoms with Gasteiger partial charge >= 0.3 is 11.9 Å². The fraction of sp³-hybridized carbons (Fsp3) is 0.733.